The largest absolute Gasteiger partial charge is 0.382 e. The number of hydrogen-bond acceptors (Lipinski definition) is 5. The molecule has 0 aliphatic heterocycles. The second-order valence-corrected chi connectivity index (χ2v) is 6.09. The van der Waals surface area contributed by atoms with E-state index in [0.29, 0.717) is 16.9 Å². The molecule has 0 bridgehead atoms. The topological polar surface area (TPSA) is 95.6 Å². The van der Waals surface area contributed by atoms with Crippen LogP contribution in [0.25, 0.3) is 0 Å². The van der Waals surface area contributed by atoms with Gasteiger partial charge in [0.2, 0.25) is 12.3 Å². The van der Waals surface area contributed by atoms with E-state index in [4.69, 9.17) is 0 Å². The van der Waals surface area contributed by atoms with E-state index in [-0.39, 0.29) is 36.4 Å². The summed E-state index contributed by atoms with van der Waals surface area (Å²) in [6.07, 6.45) is 0.809. The van der Waals surface area contributed by atoms with Gasteiger partial charge >= 0.3 is 0 Å². The molecule has 0 aliphatic rings. The fraction of sp³-hybridized carbons (Fsp3) is 0.444. The average Bonchev–Trinajstić information content (AvgIpc) is 2.60. The molecule has 3 amide bonds. The van der Waals surface area contributed by atoms with Gasteiger partial charge in [-0.2, -0.15) is 0 Å². The third kappa shape index (κ3) is 4.87. The van der Waals surface area contributed by atoms with E-state index in [2.05, 4.69) is 10.6 Å². The van der Waals surface area contributed by atoms with Crippen LogP contribution in [0.3, 0.4) is 0 Å². The van der Waals surface area contributed by atoms with Crippen LogP contribution in [0.2, 0.25) is 0 Å². The van der Waals surface area contributed by atoms with Gasteiger partial charge in [-0.05, 0) is 44.9 Å². The maximum atomic E-state index is 14.0. The second-order valence-electron chi connectivity index (χ2n) is 6.09. The first-order valence-corrected chi connectivity index (χ1v) is 8.27. The van der Waals surface area contributed by atoms with Gasteiger partial charge in [0.05, 0.1) is 5.56 Å². The van der Waals surface area contributed by atoms with E-state index in [1.165, 1.54) is 26.1 Å². The first kappa shape index (κ1) is 21.3. The molecule has 142 valence electrons. The van der Waals surface area contributed by atoms with Gasteiger partial charge in [0.1, 0.15) is 18.1 Å². The Bertz CT molecular complexity index is 691. The van der Waals surface area contributed by atoms with Gasteiger partial charge in [-0.15, -0.1) is 0 Å². The third-order valence-corrected chi connectivity index (χ3v) is 3.85. The minimum atomic E-state index is -1.16. The van der Waals surface area contributed by atoms with Crippen molar-refractivity contribution in [2.24, 2.45) is 0 Å². The summed E-state index contributed by atoms with van der Waals surface area (Å²) >= 11 is 0. The lowest BCUT2D eigenvalue weighted by Gasteiger charge is -2.27. The van der Waals surface area contributed by atoms with E-state index in [9.17, 15) is 23.6 Å². The van der Waals surface area contributed by atoms with Gasteiger partial charge in [0, 0.05) is 25.2 Å². The molecule has 8 heteroatoms. The van der Waals surface area contributed by atoms with Crippen LogP contribution >= 0.6 is 0 Å². The van der Waals surface area contributed by atoms with Crippen LogP contribution in [-0.2, 0) is 14.4 Å². The number of hydrogen-bond donors (Lipinski definition) is 2. The fourth-order valence-electron chi connectivity index (χ4n) is 2.57. The molecule has 2 N–H and O–H groups in total. The van der Waals surface area contributed by atoms with Crippen LogP contribution in [0.15, 0.2) is 12.1 Å². The van der Waals surface area contributed by atoms with Crippen molar-refractivity contribution in [1.82, 2.24) is 10.2 Å². The fourth-order valence-corrected chi connectivity index (χ4v) is 2.57. The van der Waals surface area contributed by atoms with Crippen molar-refractivity contribution < 1.29 is 23.6 Å². The number of rotatable bonds is 9. The molecule has 0 radical (unpaired) electrons. The molecule has 1 rings (SSSR count). The Morgan fingerprint density at radius 1 is 1.27 bits per heavy atom. The summed E-state index contributed by atoms with van der Waals surface area (Å²) in [5.41, 5.74) is 0.408. The summed E-state index contributed by atoms with van der Waals surface area (Å²) in [7, 11) is 1.36. The lowest BCUT2D eigenvalue weighted by atomic mass is 10.0. The molecule has 0 saturated heterocycles. The van der Waals surface area contributed by atoms with Crippen LogP contribution in [0.4, 0.5) is 10.1 Å². The number of nitrogens with one attached hydrogen (secondary N) is 2. The van der Waals surface area contributed by atoms with Crippen molar-refractivity contribution in [3.05, 3.63) is 29.1 Å². The highest BCUT2D eigenvalue weighted by molar-refractivity contribution is 6.07. The van der Waals surface area contributed by atoms with Gasteiger partial charge in [-0.25, -0.2) is 4.39 Å². The number of carbonyl (C=O) groups excluding carboxylic acids is 4. The molecule has 0 aromatic heterocycles. The van der Waals surface area contributed by atoms with E-state index < -0.39 is 23.7 Å². The van der Waals surface area contributed by atoms with Gasteiger partial charge in [-0.3, -0.25) is 19.3 Å². The molecule has 1 atom stereocenters. The van der Waals surface area contributed by atoms with E-state index in [0.717, 1.165) is 0 Å². The molecule has 0 aliphatic carbocycles. The van der Waals surface area contributed by atoms with Crippen LogP contribution in [0.5, 0.6) is 0 Å². The molecule has 1 aromatic rings. The highest BCUT2D eigenvalue weighted by atomic mass is 19.1. The SMILES string of the molecule is CNC(=O)C(CCC=O)N(C=O)C(=O)c1c(NC(C)C)ccc(F)c1C. The number of halogens is 1. The summed E-state index contributed by atoms with van der Waals surface area (Å²) in [6, 6.07) is 1.44. The van der Waals surface area contributed by atoms with Crippen LogP contribution in [0, 0.1) is 12.7 Å². The number of imide groups is 1. The summed E-state index contributed by atoms with van der Waals surface area (Å²) in [5.74, 6) is -1.99. The number of anilines is 1. The maximum absolute atomic E-state index is 14.0. The summed E-state index contributed by atoms with van der Waals surface area (Å²) in [4.78, 5) is 48.1. The lowest BCUT2D eigenvalue weighted by molar-refractivity contribution is -0.131. The van der Waals surface area contributed by atoms with Crippen LogP contribution in [-0.4, -0.2) is 48.5 Å². The number of benzene rings is 1. The van der Waals surface area contributed by atoms with E-state index in [1.807, 2.05) is 13.8 Å². The van der Waals surface area contributed by atoms with Crippen molar-refractivity contribution in [2.75, 3.05) is 12.4 Å². The first-order chi connectivity index (χ1) is 12.3. The van der Waals surface area contributed by atoms with Crippen molar-refractivity contribution in [2.45, 2.75) is 45.7 Å². The van der Waals surface area contributed by atoms with Gasteiger partial charge in [0.15, 0.2) is 0 Å². The maximum Gasteiger partial charge on any atom is 0.263 e. The minimum Gasteiger partial charge on any atom is -0.382 e. The highest BCUT2D eigenvalue weighted by Gasteiger charge is 2.32. The Morgan fingerprint density at radius 3 is 2.42 bits per heavy atom. The van der Waals surface area contributed by atoms with Crippen molar-refractivity contribution in [1.29, 1.82) is 0 Å². The normalized spacial score (nSPS) is 11.6. The zero-order valence-corrected chi connectivity index (χ0v) is 15.3. The van der Waals surface area contributed by atoms with Gasteiger partial charge < -0.3 is 15.4 Å². The van der Waals surface area contributed by atoms with Gasteiger partial charge in [-0.1, -0.05) is 0 Å². The third-order valence-electron chi connectivity index (χ3n) is 3.85. The Morgan fingerprint density at radius 2 is 1.92 bits per heavy atom. The molecule has 0 spiro atoms. The molecule has 0 heterocycles. The van der Waals surface area contributed by atoms with Crippen molar-refractivity contribution in [3.8, 4) is 0 Å². The molecule has 26 heavy (non-hydrogen) atoms. The summed E-state index contributed by atoms with van der Waals surface area (Å²) < 4.78 is 14.0. The Balaban J connectivity index is 3.40. The lowest BCUT2D eigenvalue weighted by Crippen LogP contribution is -2.48. The van der Waals surface area contributed by atoms with Crippen molar-refractivity contribution in [3.63, 3.8) is 0 Å². The minimum absolute atomic E-state index is 0.00502. The number of carbonyl (C=O) groups is 4. The molecule has 1 aromatic carbocycles. The molecular formula is C18H24FN3O4. The summed E-state index contributed by atoms with van der Waals surface area (Å²) in [5, 5.41) is 5.41. The molecule has 7 nitrogen and oxygen atoms in total. The highest BCUT2D eigenvalue weighted by Crippen LogP contribution is 2.25. The smallest absolute Gasteiger partial charge is 0.263 e. The van der Waals surface area contributed by atoms with E-state index in [1.54, 1.807) is 0 Å². The number of nitrogens with zero attached hydrogens (tertiary/aromatic N) is 1. The molecule has 1 unspecified atom stereocenters. The molecule has 0 fully saturated rings. The van der Waals surface area contributed by atoms with E-state index >= 15 is 0 Å². The number of aldehydes is 1. The van der Waals surface area contributed by atoms with Crippen LogP contribution in [0.1, 0.15) is 42.6 Å². The van der Waals surface area contributed by atoms with Crippen molar-refractivity contribution >= 4 is 30.2 Å². The first-order valence-electron chi connectivity index (χ1n) is 8.27. The van der Waals surface area contributed by atoms with Crippen LogP contribution < -0.4 is 10.6 Å². The standard InChI is InChI=1S/C18H24FN3O4/c1-11(2)21-14-8-7-13(19)12(3)16(14)18(26)22(10-24)15(6-5-9-23)17(25)20-4/h7-11,15,21H,5-6H2,1-4H3,(H,20,25). The average molecular weight is 365 g/mol. The number of amides is 3. The summed E-state index contributed by atoms with van der Waals surface area (Å²) in [6.45, 7) is 5.13. The second kappa shape index (κ2) is 9.65. The van der Waals surface area contributed by atoms with Gasteiger partial charge in [0.25, 0.3) is 5.91 Å². The molecule has 0 saturated carbocycles. The Labute approximate surface area is 151 Å². The monoisotopic (exact) mass is 365 g/mol. The number of likely N-dealkylation sites (N-methyl/N-ethyl adjacent to an activating group) is 1. The molecular weight excluding hydrogens is 341 g/mol. The zero-order valence-electron chi connectivity index (χ0n) is 15.3. The Kier molecular flexibility index (Phi) is 7.89. The predicted molar refractivity (Wildman–Crippen MR) is 95.3 cm³/mol. The zero-order chi connectivity index (χ0) is 19.9. The Hall–Kier alpha value is -2.77. The predicted octanol–water partition coefficient (Wildman–Crippen LogP) is 1.65. The quantitative estimate of drug-likeness (QED) is 0.649.